The molecule has 0 bridgehead atoms. The van der Waals surface area contributed by atoms with Crippen LogP contribution in [0.5, 0.6) is 0 Å². The largest absolute Gasteiger partial charge is 0.387 e. The lowest BCUT2D eigenvalue weighted by Gasteiger charge is -2.35. The molecule has 3 amide bonds. The van der Waals surface area contributed by atoms with E-state index < -0.39 is 26.1 Å². The summed E-state index contributed by atoms with van der Waals surface area (Å²) in [6.07, 6.45) is 5.31. The Morgan fingerprint density at radius 2 is 1.38 bits per heavy atom. The van der Waals surface area contributed by atoms with Gasteiger partial charge in [-0.2, -0.15) is 8.61 Å². The number of ether oxygens (including phenoxy) is 2. The van der Waals surface area contributed by atoms with Crippen molar-refractivity contribution in [3.05, 3.63) is 199 Å². The number of hydrogen-bond donors (Lipinski definition) is 4. The Balaban J connectivity index is 0.757. The molecule has 1 aromatic heterocycles. The quantitative estimate of drug-likeness (QED) is 0.0297. The van der Waals surface area contributed by atoms with Crippen molar-refractivity contribution in [3.63, 3.8) is 0 Å². The van der Waals surface area contributed by atoms with Crippen LogP contribution in [0.3, 0.4) is 0 Å². The summed E-state index contributed by atoms with van der Waals surface area (Å²) in [5.74, 6) is -0.644. The Kier molecular flexibility index (Phi) is 24.6. The van der Waals surface area contributed by atoms with E-state index in [0.717, 1.165) is 68.3 Å². The van der Waals surface area contributed by atoms with Crippen molar-refractivity contribution < 1.29 is 40.7 Å². The Morgan fingerprint density at radius 3 is 2.07 bits per heavy atom. The van der Waals surface area contributed by atoms with Crippen molar-refractivity contribution in [2.75, 3.05) is 78.1 Å². The predicted molar refractivity (Wildman–Crippen MR) is 360 cm³/mol. The molecule has 1 aliphatic heterocycles. The molecular formula is C69H83Cl2N9O10S2. The van der Waals surface area contributed by atoms with E-state index in [1.807, 2.05) is 75.4 Å². The number of aromatic nitrogens is 2. The van der Waals surface area contributed by atoms with E-state index in [9.17, 15) is 36.0 Å². The normalized spacial score (nSPS) is 14.5. The number of amides is 3. The molecule has 4 N–H and O–H groups in total. The van der Waals surface area contributed by atoms with Gasteiger partial charge in [-0.3, -0.25) is 23.7 Å². The number of halogens is 2. The topological polar surface area (TPSA) is 231 Å². The molecule has 1 atom stereocenters. The molecule has 19 nitrogen and oxygen atoms in total. The lowest BCUT2D eigenvalue weighted by molar-refractivity contribution is -0.126. The predicted octanol–water partition coefficient (Wildman–Crippen LogP) is 10.2. The monoisotopic (exact) mass is 1330 g/mol. The van der Waals surface area contributed by atoms with Crippen LogP contribution in [0.25, 0.3) is 10.9 Å². The fraction of sp³-hybridized carbons (Fsp3) is 0.406. The number of fused-ring (bicyclic) bond motifs is 1. The van der Waals surface area contributed by atoms with Crippen molar-refractivity contribution in [1.82, 2.24) is 39.0 Å². The minimum atomic E-state index is -4.14. The second kappa shape index (κ2) is 32.7. The lowest BCUT2D eigenvalue weighted by Crippen LogP contribution is -2.43. The van der Waals surface area contributed by atoms with Gasteiger partial charge < -0.3 is 35.6 Å². The van der Waals surface area contributed by atoms with Gasteiger partial charge in [-0.05, 0) is 160 Å². The summed E-state index contributed by atoms with van der Waals surface area (Å²) in [5, 5.41) is 13.6. The summed E-state index contributed by atoms with van der Waals surface area (Å²) in [6.45, 7) is 8.95. The molecule has 0 unspecified atom stereocenters. The van der Waals surface area contributed by atoms with Gasteiger partial charge in [0, 0.05) is 73.7 Å². The van der Waals surface area contributed by atoms with Crippen LogP contribution in [0.1, 0.15) is 114 Å². The minimum absolute atomic E-state index is 0.00987. The summed E-state index contributed by atoms with van der Waals surface area (Å²) in [4.78, 5) is 62.3. The molecule has 23 heteroatoms. The maximum atomic E-state index is 14.6. The standard InChI is InChI=1S/C69H83Cl2N9O10S2/c1-48(2)65(66-76-63-42-56(71)24-30-61(63)69(84)79(66)45-50-11-6-5-7-12-50)78(68(83)54-20-15-49(3)16-21-54)37-10-33-74-64(81)47-90-40-39-89-38-36-75-67(82)60-29-19-53(41-62(60)72-4)44-77(43-52-31-34-73-35-32-52)91(85,86)58-25-27-59(28-26-58)92(87,88)80(57-13-8-9-14-57)46-51-17-22-55(70)23-18-51/h5-7,11-12,15-30,41-42,48,52,57,65,72-73H,8-10,13-14,31-40,43-47H2,1-4H3,(H,74,81)(H,75,82)/t65-/m1/s1. The van der Waals surface area contributed by atoms with E-state index in [4.69, 9.17) is 37.7 Å². The molecule has 1 saturated heterocycles. The van der Waals surface area contributed by atoms with Crippen molar-refractivity contribution >= 4 is 77.6 Å². The second-order valence-corrected chi connectivity index (χ2v) is 28.6. The first-order valence-electron chi connectivity index (χ1n) is 31.5. The van der Waals surface area contributed by atoms with E-state index >= 15 is 0 Å². The minimum Gasteiger partial charge on any atom is -0.387 e. The summed E-state index contributed by atoms with van der Waals surface area (Å²) in [6, 6.07) is 38.9. The second-order valence-electron chi connectivity index (χ2n) is 23.9. The van der Waals surface area contributed by atoms with Crippen molar-refractivity contribution in [3.8, 4) is 0 Å². The van der Waals surface area contributed by atoms with Gasteiger partial charge in [0.05, 0.1) is 58.7 Å². The van der Waals surface area contributed by atoms with Crippen LogP contribution in [0.2, 0.25) is 10.0 Å². The SMILES string of the molecule is CNc1cc(CN(CC2CCNCC2)S(=O)(=O)c2ccc(S(=O)(=O)N(Cc3ccc(Cl)cc3)C3CCCC3)cc2)ccc1C(=O)NCCOCCOCC(=O)NCCCN(C(=O)c1ccc(C)cc1)[C@@H](c1nc2cc(Cl)ccc2c(=O)n1Cc1ccccc1)C(C)C. The molecule has 2 fully saturated rings. The number of anilines is 1. The first-order valence-corrected chi connectivity index (χ1v) is 35.1. The highest BCUT2D eigenvalue weighted by Crippen LogP contribution is 2.34. The molecule has 92 heavy (non-hydrogen) atoms. The van der Waals surface area contributed by atoms with Gasteiger partial charge >= 0.3 is 0 Å². The van der Waals surface area contributed by atoms with E-state index in [0.29, 0.717) is 55.6 Å². The number of aryl methyl sites for hydroxylation is 1. The first-order chi connectivity index (χ1) is 44.3. The number of rotatable bonds is 31. The maximum Gasteiger partial charge on any atom is 0.261 e. The molecule has 490 valence electrons. The number of carbonyl (C=O) groups is 3. The summed E-state index contributed by atoms with van der Waals surface area (Å²) in [5.41, 5.74) is 4.85. The molecule has 9 rings (SSSR count). The third-order valence-electron chi connectivity index (χ3n) is 16.9. The number of benzene rings is 6. The Hall–Kier alpha value is -7.05. The van der Waals surface area contributed by atoms with E-state index in [1.54, 1.807) is 77.2 Å². The van der Waals surface area contributed by atoms with E-state index in [-0.39, 0.29) is 123 Å². The highest BCUT2D eigenvalue weighted by Gasteiger charge is 2.36. The zero-order chi connectivity index (χ0) is 65.4. The molecule has 1 saturated carbocycles. The van der Waals surface area contributed by atoms with Gasteiger partial charge in [0.15, 0.2) is 0 Å². The number of piperidine rings is 1. The molecule has 7 aromatic rings. The maximum absolute atomic E-state index is 14.6. The molecular weight excluding hydrogens is 1250 g/mol. The van der Waals surface area contributed by atoms with Gasteiger partial charge in [-0.25, -0.2) is 21.8 Å². The molecule has 2 heterocycles. The van der Waals surface area contributed by atoms with Crippen LogP contribution in [0.4, 0.5) is 5.69 Å². The van der Waals surface area contributed by atoms with Crippen LogP contribution in [-0.2, 0) is 53.9 Å². The summed E-state index contributed by atoms with van der Waals surface area (Å²) >= 11 is 12.6. The molecule has 2 aliphatic rings. The van der Waals surface area contributed by atoms with E-state index in [1.165, 1.54) is 32.9 Å². The number of nitrogens with zero attached hydrogens (tertiary/aromatic N) is 5. The third kappa shape index (κ3) is 18.0. The van der Waals surface area contributed by atoms with Crippen LogP contribution in [0.15, 0.2) is 154 Å². The van der Waals surface area contributed by atoms with Crippen molar-refractivity contribution in [1.29, 1.82) is 0 Å². The average Bonchev–Trinajstić information content (AvgIpc) is 0.815. The summed E-state index contributed by atoms with van der Waals surface area (Å²) < 4.78 is 73.9. The summed E-state index contributed by atoms with van der Waals surface area (Å²) in [7, 11) is -6.46. The molecule has 0 radical (unpaired) electrons. The van der Waals surface area contributed by atoms with Crippen molar-refractivity contribution in [2.24, 2.45) is 11.8 Å². The van der Waals surface area contributed by atoms with Gasteiger partial charge in [0.25, 0.3) is 17.4 Å². The fourth-order valence-corrected chi connectivity index (χ4v) is 15.4. The third-order valence-corrected chi connectivity index (χ3v) is 21.1. The van der Waals surface area contributed by atoms with Gasteiger partial charge in [-0.15, -0.1) is 0 Å². The number of carbonyl (C=O) groups excluding carboxylic acids is 3. The smallest absolute Gasteiger partial charge is 0.261 e. The molecule has 1 aliphatic carbocycles. The number of hydrogen-bond acceptors (Lipinski definition) is 13. The Morgan fingerprint density at radius 1 is 0.717 bits per heavy atom. The van der Waals surface area contributed by atoms with Crippen molar-refractivity contribution in [2.45, 2.75) is 107 Å². The van der Waals surface area contributed by atoms with E-state index in [2.05, 4.69) is 21.3 Å². The lowest BCUT2D eigenvalue weighted by atomic mass is 9.98. The Labute approximate surface area is 550 Å². The van der Waals surface area contributed by atoms with Crippen LogP contribution >= 0.6 is 23.2 Å². The van der Waals surface area contributed by atoms with Crippen LogP contribution < -0.4 is 26.8 Å². The number of nitrogens with one attached hydrogen (secondary N) is 4. The van der Waals surface area contributed by atoms with Gasteiger partial charge in [0.2, 0.25) is 26.0 Å². The average molecular weight is 1330 g/mol. The highest BCUT2D eigenvalue weighted by atomic mass is 35.5. The first kappa shape index (κ1) is 69.3. The zero-order valence-electron chi connectivity index (χ0n) is 52.6. The molecule has 6 aromatic carbocycles. The van der Waals surface area contributed by atoms with Crippen LogP contribution in [-0.4, -0.2) is 136 Å². The number of sulfonamides is 2. The van der Waals surface area contributed by atoms with Crippen LogP contribution in [0, 0.1) is 18.8 Å². The zero-order valence-corrected chi connectivity index (χ0v) is 55.8. The highest BCUT2D eigenvalue weighted by molar-refractivity contribution is 7.89. The Bertz CT molecular complexity index is 3930. The van der Waals surface area contributed by atoms with Gasteiger partial charge in [0.1, 0.15) is 12.4 Å². The van der Waals surface area contributed by atoms with Gasteiger partial charge in [-0.1, -0.05) is 116 Å². The molecule has 0 spiro atoms. The fourth-order valence-electron chi connectivity index (χ4n) is 12.0.